The molecule has 0 spiro atoms. The fourth-order valence-electron chi connectivity index (χ4n) is 2.50. The summed E-state index contributed by atoms with van der Waals surface area (Å²) in [4.78, 5) is 0. The molecule has 0 aliphatic heterocycles. The quantitative estimate of drug-likeness (QED) is 0.603. The van der Waals surface area contributed by atoms with E-state index in [1.807, 2.05) is 64.1 Å². The Morgan fingerprint density at radius 3 is 1.05 bits per heavy atom. The van der Waals surface area contributed by atoms with Gasteiger partial charge in [-0.25, -0.2) is 0 Å². The highest BCUT2D eigenvalue weighted by molar-refractivity contribution is 5.83. The summed E-state index contributed by atoms with van der Waals surface area (Å²) >= 11 is 0. The second kappa shape index (κ2) is 5.41. The monoisotopic (exact) mass is 268 g/mol. The summed E-state index contributed by atoms with van der Waals surface area (Å²) in [6.45, 7) is 7.88. The minimum absolute atomic E-state index is 0.0817. The molecule has 104 valence electrons. The Bertz CT molecular complexity index is 582. The van der Waals surface area contributed by atoms with Gasteiger partial charge in [0, 0.05) is 11.1 Å². The van der Waals surface area contributed by atoms with Gasteiger partial charge in [0.2, 0.25) is 0 Å². The van der Waals surface area contributed by atoms with Gasteiger partial charge in [0.1, 0.15) is 0 Å². The Morgan fingerprint density at radius 1 is 0.550 bits per heavy atom. The molecule has 2 aromatic rings. The van der Waals surface area contributed by atoms with Crippen molar-refractivity contribution in [2.24, 2.45) is 0 Å². The maximum Gasteiger partial charge on any atom is 0.165 e. The van der Waals surface area contributed by atoms with E-state index in [1.54, 1.807) is 0 Å². The van der Waals surface area contributed by atoms with Gasteiger partial charge in [-0.2, -0.15) is 0 Å². The summed E-state index contributed by atoms with van der Waals surface area (Å²) in [7, 11) is 0. The Morgan fingerprint density at radius 2 is 0.800 bits per heavy atom. The second-order valence-corrected chi connectivity index (χ2v) is 5.45. The van der Waals surface area contributed by atoms with Crippen LogP contribution in [0.1, 0.15) is 33.4 Å². The van der Waals surface area contributed by atoms with Crippen LogP contribution in [0.3, 0.4) is 0 Å². The van der Waals surface area contributed by atoms with Crippen molar-refractivity contribution in [1.82, 2.24) is 0 Å². The van der Waals surface area contributed by atoms with E-state index < -0.39 is 0 Å². The Labute approximate surface area is 120 Å². The van der Waals surface area contributed by atoms with Gasteiger partial charge in [-0.3, -0.25) is 0 Å². The predicted octanol–water partition coefficient (Wildman–Crippen LogP) is 4.86. The molecule has 2 nitrogen and oxygen atoms in total. The highest BCUT2D eigenvalue weighted by Gasteiger charge is 2.11. The van der Waals surface area contributed by atoms with Gasteiger partial charge < -0.3 is 10.2 Å². The van der Waals surface area contributed by atoms with Crippen LogP contribution in [0.25, 0.3) is 11.5 Å². The van der Waals surface area contributed by atoms with Crippen LogP contribution in [-0.2, 0) is 0 Å². The van der Waals surface area contributed by atoms with Crippen LogP contribution < -0.4 is 0 Å². The molecular weight excluding hydrogens is 248 g/mol. The molecule has 0 saturated carbocycles. The average Bonchev–Trinajstić information content (AvgIpc) is 2.34. The molecule has 2 aromatic carbocycles. The first-order valence-corrected chi connectivity index (χ1v) is 6.66. The van der Waals surface area contributed by atoms with Gasteiger partial charge in [0.15, 0.2) is 11.5 Å². The number of benzene rings is 2. The van der Waals surface area contributed by atoms with Crippen molar-refractivity contribution in [2.75, 3.05) is 0 Å². The number of hydrogen-bond donors (Lipinski definition) is 2. The normalized spacial score (nSPS) is 12.2. The van der Waals surface area contributed by atoms with E-state index in [-0.39, 0.29) is 11.5 Å². The molecule has 0 fully saturated rings. The van der Waals surface area contributed by atoms with Crippen LogP contribution in [-0.4, -0.2) is 10.2 Å². The topological polar surface area (TPSA) is 40.5 Å². The molecule has 0 saturated heterocycles. The SMILES string of the molecule is Cc1cc(C)cc(C(O)=C(O)c2cc(C)cc(C)c2)c1. The van der Waals surface area contributed by atoms with E-state index in [9.17, 15) is 10.2 Å². The zero-order valence-electron chi connectivity index (χ0n) is 12.4. The molecule has 20 heavy (non-hydrogen) atoms. The van der Waals surface area contributed by atoms with Crippen molar-refractivity contribution in [3.63, 3.8) is 0 Å². The maximum absolute atomic E-state index is 10.3. The molecule has 0 aliphatic carbocycles. The van der Waals surface area contributed by atoms with Crippen molar-refractivity contribution >= 4 is 11.5 Å². The lowest BCUT2D eigenvalue weighted by atomic mass is 10.0. The number of aliphatic hydroxyl groups is 2. The Hall–Kier alpha value is -2.22. The Kier molecular flexibility index (Phi) is 3.84. The third-order valence-corrected chi connectivity index (χ3v) is 3.21. The third kappa shape index (κ3) is 3.02. The number of aryl methyl sites for hydroxylation is 4. The summed E-state index contributed by atoms with van der Waals surface area (Å²) < 4.78 is 0. The van der Waals surface area contributed by atoms with Gasteiger partial charge in [-0.15, -0.1) is 0 Å². The predicted molar refractivity (Wildman–Crippen MR) is 83.9 cm³/mol. The number of aliphatic hydroxyl groups excluding tert-OH is 2. The fourth-order valence-corrected chi connectivity index (χ4v) is 2.50. The molecule has 0 radical (unpaired) electrons. The van der Waals surface area contributed by atoms with E-state index >= 15 is 0 Å². The smallest absolute Gasteiger partial charge is 0.165 e. The molecule has 0 unspecified atom stereocenters. The van der Waals surface area contributed by atoms with Crippen molar-refractivity contribution in [3.8, 4) is 0 Å². The number of hydrogen-bond acceptors (Lipinski definition) is 2. The first kappa shape index (κ1) is 14.2. The summed E-state index contributed by atoms with van der Waals surface area (Å²) in [6.07, 6.45) is 0. The minimum atomic E-state index is -0.0817. The molecular formula is C18H20O2. The van der Waals surface area contributed by atoms with Crippen LogP contribution >= 0.6 is 0 Å². The van der Waals surface area contributed by atoms with Crippen molar-refractivity contribution in [1.29, 1.82) is 0 Å². The van der Waals surface area contributed by atoms with Gasteiger partial charge in [-0.1, -0.05) is 34.4 Å². The largest absolute Gasteiger partial charge is 0.504 e. The van der Waals surface area contributed by atoms with E-state index in [0.29, 0.717) is 11.1 Å². The van der Waals surface area contributed by atoms with Crippen LogP contribution in [0, 0.1) is 27.7 Å². The lowest BCUT2D eigenvalue weighted by Gasteiger charge is -2.09. The first-order chi connectivity index (χ1) is 9.36. The summed E-state index contributed by atoms with van der Waals surface area (Å²) in [5, 5.41) is 20.6. The van der Waals surface area contributed by atoms with Gasteiger partial charge in [0.25, 0.3) is 0 Å². The minimum Gasteiger partial charge on any atom is -0.504 e. The summed E-state index contributed by atoms with van der Waals surface area (Å²) in [5.74, 6) is -0.163. The molecule has 0 atom stereocenters. The van der Waals surface area contributed by atoms with Gasteiger partial charge in [0.05, 0.1) is 0 Å². The fraction of sp³-hybridized carbons (Fsp3) is 0.222. The molecule has 2 N–H and O–H groups in total. The third-order valence-electron chi connectivity index (χ3n) is 3.21. The lowest BCUT2D eigenvalue weighted by Crippen LogP contribution is -1.94. The van der Waals surface area contributed by atoms with E-state index in [0.717, 1.165) is 22.3 Å². The molecule has 2 heteroatoms. The zero-order valence-corrected chi connectivity index (χ0v) is 12.4. The molecule has 0 aliphatic rings. The van der Waals surface area contributed by atoms with Crippen molar-refractivity contribution < 1.29 is 10.2 Å². The van der Waals surface area contributed by atoms with Crippen LogP contribution in [0.15, 0.2) is 36.4 Å². The summed E-state index contributed by atoms with van der Waals surface area (Å²) in [5.41, 5.74) is 5.50. The molecule has 2 rings (SSSR count). The summed E-state index contributed by atoms with van der Waals surface area (Å²) in [6, 6.07) is 11.5. The highest BCUT2D eigenvalue weighted by Crippen LogP contribution is 2.25. The molecule has 0 aromatic heterocycles. The Balaban J connectivity index is 2.54. The molecule has 0 bridgehead atoms. The second-order valence-electron chi connectivity index (χ2n) is 5.45. The molecule has 0 amide bonds. The molecule has 0 heterocycles. The first-order valence-electron chi connectivity index (χ1n) is 6.66. The standard InChI is InChI=1S/C18H20O2/c1-11-5-12(2)8-15(7-11)17(19)18(20)16-9-13(3)6-14(4)10-16/h5-10,19-20H,1-4H3. The lowest BCUT2D eigenvalue weighted by molar-refractivity contribution is 0.459. The van der Waals surface area contributed by atoms with E-state index in [4.69, 9.17) is 0 Å². The highest BCUT2D eigenvalue weighted by atomic mass is 16.3. The number of rotatable bonds is 2. The maximum atomic E-state index is 10.3. The van der Waals surface area contributed by atoms with Gasteiger partial charge in [-0.05, 0) is 52.0 Å². The zero-order chi connectivity index (χ0) is 14.9. The van der Waals surface area contributed by atoms with Crippen LogP contribution in [0.4, 0.5) is 0 Å². The van der Waals surface area contributed by atoms with Gasteiger partial charge >= 0.3 is 0 Å². The van der Waals surface area contributed by atoms with Crippen molar-refractivity contribution in [2.45, 2.75) is 27.7 Å². The van der Waals surface area contributed by atoms with Crippen molar-refractivity contribution in [3.05, 3.63) is 69.8 Å². The van der Waals surface area contributed by atoms with Crippen LogP contribution in [0.5, 0.6) is 0 Å². The van der Waals surface area contributed by atoms with Crippen LogP contribution in [0.2, 0.25) is 0 Å². The average molecular weight is 268 g/mol. The van der Waals surface area contributed by atoms with E-state index in [2.05, 4.69) is 0 Å². The van der Waals surface area contributed by atoms with E-state index in [1.165, 1.54) is 0 Å².